The van der Waals surface area contributed by atoms with Crippen LogP contribution >= 0.6 is 11.8 Å². The highest BCUT2D eigenvalue weighted by atomic mass is 32.2. The van der Waals surface area contributed by atoms with Gasteiger partial charge in [0, 0.05) is 35.4 Å². The van der Waals surface area contributed by atoms with Gasteiger partial charge < -0.3 is 30.3 Å². The lowest BCUT2D eigenvalue weighted by Crippen LogP contribution is -2.56. The Hall–Kier alpha value is -3.24. The zero-order valence-electron chi connectivity index (χ0n) is 25.7. The zero-order chi connectivity index (χ0) is 30.9. The first-order valence-electron chi connectivity index (χ1n) is 15.5. The standard InChI is InChI=1S/C33H44N4O5S/c1-6-23(19-38)37-29(31(40)35-21-10-14-24(15-11-21)36(7-2)8-3)33-20(5)18-26(43-33)27(28(33)32(37)41)30(39)34-22-12-16-25(17-13-22)42-9-4/h10-17,20,23,26-29,38H,6-9,18-19H2,1-5H3,(H,34,39)(H,35,40)/t20?,23-,26-,27+,28-,29?,33?/m0/s1. The fourth-order valence-corrected chi connectivity index (χ4v) is 9.86. The normalized spacial score (nSPS) is 28.0. The molecule has 7 atom stereocenters. The molecule has 0 aliphatic carbocycles. The predicted octanol–water partition coefficient (Wildman–Crippen LogP) is 4.62. The summed E-state index contributed by atoms with van der Waals surface area (Å²) < 4.78 is 4.75. The molecule has 3 amide bonds. The number of thioether (sulfide) groups is 1. The van der Waals surface area contributed by atoms with Crippen LogP contribution in [-0.2, 0) is 14.4 Å². The van der Waals surface area contributed by atoms with Crippen LogP contribution in [0.15, 0.2) is 48.5 Å². The van der Waals surface area contributed by atoms with Gasteiger partial charge in [-0.2, -0.15) is 0 Å². The smallest absolute Gasteiger partial charge is 0.248 e. The van der Waals surface area contributed by atoms with E-state index in [2.05, 4.69) is 36.3 Å². The van der Waals surface area contributed by atoms with Crippen LogP contribution in [0.4, 0.5) is 17.1 Å². The number of likely N-dealkylation sites (tertiary alicyclic amines) is 1. The lowest BCUT2D eigenvalue weighted by atomic mass is 9.66. The Morgan fingerprint density at radius 3 is 2.19 bits per heavy atom. The molecule has 3 aliphatic rings. The molecule has 3 heterocycles. The molecule has 10 heteroatoms. The fourth-order valence-electron chi connectivity index (χ4n) is 7.45. The third-order valence-electron chi connectivity index (χ3n) is 9.51. The van der Waals surface area contributed by atoms with Crippen molar-refractivity contribution < 1.29 is 24.2 Å². The molecule has 3 fully saturated rings. The number of nitrogens with one attached hydrogen (secondary N) is 2. The monoisotopic (exact) mass is 608 g/mol. The first kappa shape index (κ1) is 31.2. The van der Waals surface area contributed by atoms with Crippen LogP contribution in [0.5, 0.6) is 5.75 Å². The summed E-state index contributed by atoms with van der Waals surface area (Å²) in [5, 5.41) is 16.4. The molecule has 3 unspecified atom stereocenters. The van der Waals surface area contributed by atoms with Crippen LogP contribution in [-0.4, -0.2) is 76.1 Å². The number of carbonyl (C=O) groups excluding carboxylic acids is 3. The molecule has 1 spiro atoms. The van der Waals surface area contributed by atoms with Gasteiger partial charge in [0.25, 0.3) is 0 Å². The van der Waals surface area contributed by atoms with Crippen LogP contribution in [0.25, 0.3) is 0 Å². The number of ether oxygens (including phenoxy) is 1. The second kappa shape index (κ2) is 12.8. The fraction of sp³-hybridized carbons (Fsp3) is 0.545. The molecule has 3 saturated heterocycles. The third-order valence-corrected chi connectivity index (χ3v) is 11.6. The van der Waals surface area contributed by atoms with Gasteiger partial charge >= 0.3 is 0 Å². The highest BCUT2D eigenvalue weighted by molar-refractivity contribution is 8.02. The van der Waals surface area contributed by atoms with Gasteiger partial charge in [0.2, 0.25) is 17.7 Å². The quantitative estimate of drug-likeness (QED) is 0.323. The van der Waals surface area contributed by atoms with Crippen LogP contribution < -0.4 is 20.3 Å². The van der Waals surface area contributed by atoms with Gasteiger partial charge in [-0.25, -0.2) is 0 Å². The number of carbonyl (C=O) groups is 3. The summed E-state index contributed by atoms with van der Waals surface area (Å²) >= 11 is 1.63. The van der Waals surface area contributed by atoms with E-state index in [4.69, 9.17) is 4.74 Å². The van der Waals surface area contributed by atoms with E-state index in [1.807, 2.05) is 50.2 Å². The Morgan fingerprint density at radius 1 is 1.02 bits per heavy atom. The van der Waals surface area contributed by atoms with Crippen molar-refractivity contribution in [3.8, 4) is 5.75 Å². The number of amides is 3. The maximum atomic E-state index is 14.3. The summed E-state index contributed by atoms with van der Waals surface area (Å²) in [5.41, 5.74) is 2.36. The molecule has 0 aromatic heterocycles. The molecule has 3 aliphatic heterocycles. The van der Waals surface area contributed by atoms with Crippen molar-refractivity contribution in [2.45, 2.75) is 69.5 Å². The van der Waals surface area contributed by atoms with Gasteiger partial charge in [-0.15, -0.1) is 11.8 Å². The third kappa shape index (κ3) is 5.37. The minimum absolute atomic E-state index is 0.0352. The average molecular weight is 609 g/mol. The highest BCUT2D eigenvalue weighted by Crippen LogP contribution is 2.69. The summed E-state index contributed by atoms with van der Waals surface area (Å²) in [6, 6.07) is 13.6. The molecule has 43 heavy (non-hydrogen) atoms. The molecule has 2 aromatic rings. The molecule has 9 nitrogen and oxygen atoms in total. The number of anilines is 3. The summed E-state index contributed by atoms with van der Waals surface area (Å²) in [6.07, 6.45) is 1.24. The van der Waals surface area contributed by atoms with Gasteiger partial charge in [-0.1, -0.05) is 13.8 Å². The summed E-state index contributed by atoms with van der Waals surface area (Å²) in [7, 11) is 0. The molecule has 3 N–H and O–H groups in total. The Kier molecular flexibility index (Phi) is 9.27. The number of rotatable bonds is 12. The predicted molar refractivity (Wildman–Crippen MR) is 172 cm³/mol. The van der Waals surface area contributed by atoms with Crippen molar-refractivity contribution in [1.82, 2.24) is 4.90 Å². The first-order chi connectivity index (χ1) is 20.7. The molecule has 5 rings (SSSR count). The van der Waals surface area contributed by atoms with E-state index in [0.717, 1.165) is 30.9 Å². The Balaban J connectivity index is 1.45. The van der Waals surface area contributed by atoms with Crippen LogP contribution in [0.2, 0.25) is 0 Å². The van der Waals surface area contributed by atoms with E-state index >= 15 is 0 Å². The summed E-state index contributed by atoms with van der Waals surface area (Å²) in [5.74, 6) is -1.18. The Morgan fingerprint density at radius 2 is 1.63 bits per heavy atom. The molecule has 0 saturated carbocycles. The lowest BCUT2D eigenvalue weighted by Gasteiger charge is -2.40. The largest absolute Gasteiger partial charge is 0.494 e. The molecule has 2 bridgehead atoms. The molecular weight excluding hydrogens is 564 g/mol. The molecule has 0 radical (unpaired) electrons. The molecular formula is C33H44N4O5S. The van der Waals surface area contributed by atoms with Crippen molar-refractivity contribution in [3.05, 3.63) is 48.5 Å². The van der Waals surface area contributed by atoms with Crippen molar-refractivity contribution in [1.29, 1.82) is 0 Å². The minimum atomic E-state index is -0.808. The molecule has 2 aromatic carbocycles. The average Bonchev–Trinajstić information content (AvgIpc) is 3.60. The Bertz CT molecular complexity index is 1310. The van der Waals surface area contributed by atoms with Crippen molar-refractivity contribution in [2.24, 2.45) is 17.8 Å². The number of aliphatic hydroxyl groups is 1. The highest BCUT2D eigenvalue weighted by Gasteiger charge is 2.76. The first-order valence-corrected chi connectivity index (χ1v) is 16.4. The zero-order valence-corrected chi connectivity index (χ0v) is 26.5. The number of aliphatic hydroxyl groups excluding tert-OH is 1. The van der Waals surface area contributed by atoms with Crippen molar-refractivity contribution in [2.75, 3.05) is 41.8 Å². The van der Waals surface area contributed by atoms with Gasteiger partial charge in [0.05, 0.1) is 35.8 Å². The van der Waals surface area contributed by atoms with Crippen LogP contribution in [0.3, 0.4) is 0 Å². The van der Waals surface area contributed by atoms with Crippen LogP contribution in [0, 0.1) is 17.8 Å². The minimum Gasteiger partial charge on any atom is -0.494 e. The van der Waals surface area contributed by atoms with E-state index in [9.17, 15) is 19.5 Å². The number of hydrogen-bond acceptors (Lipinski definition) is 7. The second-order valence-corrected chi connectivity index (χ2v) is 13.2. The van der Waals surface area contributed by atoms with Gasteiger partial charge in [0.1, 0.15) is 11.8 Å². The van der Waals surface area contributed by atoms with Gasteiger partial charge in [-0.05, 0) is 88.1 Å². The Labute approximate surface area is 258 Å². The number of benzene rings is 2. The number of fused-ring (bicyclic) bond motifs is 1. The van der Waals surface area contributed by atoms with E-state index in [-0.39, 0.29) is 35.5 Å². The van der Waals surface area contributed by atoms with Gasteiger partial charge in [-0.3, -0.25) is 14.4 Å². The van der Waals surface area contributed by atoms with Gasteiger partial charge in [0.15, 0.2) is 0 Å². The lowest BCUT2D eigenvalue weighted by molar-refractivity contribution is -0.141. The topological polar surface area (TPSA) is 111 Å². The second-order valence-electron chi connectivity index (χ2n) is 11.7. The summed E-state index contributed by atoms with van der Waals surface area (Å²) in [6.45, 7) is 12.2. The van der Waals surface area contributed by atoms with Crippen molar-refractivity contribution in [3.63, 3.8) is 0 Å². The van der Waals surface area contributed by atoms with E-state index in [0.29, 0.717) is 24.4 Å². The van der Waals surface area contributed by atoms with Crippen LogP contribution in [0.1, 0.15) is 47.5 Å². The maximum absolute atomic E-state index is 14.3. The number of nitrogens with zero attached hydrogens (tertiary/aromatic N) is 2. The van der Waals surface area contributed by atoms with E-state index in [1.54, 1.807) is 28.8 Å². The summed E-state index contributed by atoms with van der Waals surface area (Å²) in [4.78, 5) is 46.3. The SMILES string of the molecule is CCOc1ccc(NC(=O)[C@@H]2[C@@H]3CC(C)C4(S3)C(C(=O)Nc3ccc(N(CC)CC)cc3)N([C@@H](CC)CO)C(=O)[C@H]24)cc1. The van der Waals surface area contributed by atoms with Crippen molar-refractivity contribution >= 4 is 46.5 Å². The van der Waals surface area contributed by atoms with E-state index < -0.39 is 28.7 Å². The van der Waals surface area contributed by atoms with E-state index in [1.165, 1.54) is 0 Å². The number of hydrogen-bond donors (Lipinski definition) is 3. The molecule has 232 valence electrons. The maximum Gasteiger partial charge on any atom is 0.248 e.